The van der Waals surface area contributed by atoms with Crippen LogP contribution in [0, 0.1) is 5.41 Å². The Hall–Kier alpha value is -1.71. The van der Waals surface area contributed by atoms with Crippen LogP contribution in [0.1, 0.15) is 38.1 Å². The standard InChI is InChI=1S/C15H22O4/c1-10(15(2,3)4)19-13-9-11(14(16)18-6)7-8-12(13)17-5/h7-10H,1-6H3. The summed E-state index contributed by atoms with van der Waals surface area (Å²) in [6.45, 7) is 8.27. The quantitative estimate of drug-likeness (QED) is 0.784. The van der Waals surface area contributed by atoms with Crippen LogP contribution in [0.15, 0.2) is 18.2 Å². The highest BCUT2D eigenvalue weighted by atomic mass is 16.5. The van der Waals surface area contributed by atoms with Crippen LogP contribution in [0.5, 0.6) is 11.5 Å². The Kier molecular flexibility index (Phi) is 4.81. The van der Waals surface area contributed by atoms with Crippen LogP contribution in [0.2, 0.25) is 0 Å². The lowest BCUT2D eigenvalue weighted by Gasteiger charge is -2.28. The Morgan fingerprint density at radius 3 is 2.26 bits per heavy atom. The van der Waals surface area contributed by atoms with E-state index in [1.54, 1.807) is 25.3 Å². The minimum absolute atomic E-state index is 0.00766. The summed E-state index contributed by atoms with van der Waals surface area (Å²) in [6.07, 6.45) is -0.0192. The molecule has 0 amide bonds. The van der Waals surface area contributed by atoms with E-state index in [0.29, 0.717) is 17.1 Å². The number of carbonyl (C=O) groups is 1. The molecule has 0 heterocycles. The molecule has 0 bridgehead atoms. The zero-order chi connectivity index (χ0) is 14.6. The van der Waals surface area contributed by atoms with Crippen LogP contribution < -0.4 is 9.47 Å². The van der Waals surface area contributed by atoms with E-state index in [-0.39, 0.29) is 11.5 Å². The van der Waals surface area contributed by atoms with Gasteiger partial charge in [0.05, 0.1) is 19.8 Å². The van der Waals surface area contributed by atoms with Crippen LogP contribution in [-0.2, 0) is 4.74 Å². The number of ether oxygens (including phenoxy) is 3. The van der Waals surface area contributed by atoms with E-state index in [9.17, 15) is 4.79 Å². The Bertz CT molecular complexity index is 446. The number of rotatable bonds is 4. The number of methoxy groups -OCH3 is 2. The number of carbonyl (C=O) groups excluding carboxylic acids is 1. The predicted octanol–water partition coefficient (Wildman–Crippen LogP) is 3.30. The zero-order valence-corrected chi connectivity index (χ0v) is 12.4. The minimum atomic E-state index is -0.393. The Morgan fingerprint density at radius 2 is 1.79 bits per heavy atom. The molecule has 1 aromatic carbocycles. The maximum atomic E-state index is 11.5. The average molecular weight is 266 g/mol. The molecule has 0 fully saturated rings. The second-order valence-electron chi connectivity index (χ2n) is 5.48. The third-order valence-corrected chi connectivity index (χ3v) is 3.11. The summed E-state index contributed by atoms with van der Waals surface area (Å²) in [5.41, 5.74) is 0.436. The monoisotopic (exact) mass is 266 g/mol. The van der Waals surface area contributed by atoms with Crippen LogP contribution in [0.4, 0.5) is 0 Å². The third-order valence-electron chi connectivity index (χ3n) is 3.11. The molecule has 1 unspecified atom stereocenters. The van der Waals surface area contributed by atoms with E-state index < -0.39 is 5.97 Å². The van der Waals surface area contributed by atoms with Crippen molar-refractivity contribution < 1.29 is 19.0 Å². The van der Waals surface area contributed by atoms with Gasteiger partial charge in [-0.05, 0) is 30.5 Å². The molecule has 0 saturated heterocycles. The van der Waals surface area contributed by atoms with Crippen molar-refractivity contribution in [2.75, 3.05) is 14.2 Å². The summed E-state index contributed by atoms with van der Waals surface area (Å²) in [4.78, 5) is 11.5. The molecule has 1 aromatic rings. The fourth-order valence-corrected chi connectivity index (χ4v) is 1.38. The van der Waals surface area contributed by atoms with Crippen molar-refractivity contribution in [1.82, 2.24) is 0 Å². The first-order valence-electron chi connectivity index (χ1n) is 6.22. The molecule has 0 aromatic heterocycles. The Labute approximate surface area is 114 Å². The lowest BCUT2D eigenvalue weighted by atomic mass is 9.90. The molecule has 0 radical (unpaired) electrons. The highest BCUT2D eigenvalue weighted by Gasteiger charge is 2.23. The maximum Gasteiger partial charge on any atom is 0.337 e. The van der Waals surface area contributed by atoms with Gasteiger partial charge in [0.1, 0.15) is 6.10 Å². The maximum absolute atomic E-state index is 11.5. The van der Waals surface area contributed by atoms with Gasteiger partial charge >= 0.3 is 5.97 Å². The Balaban J connectivity index is 3.06. The third kappa shape index (κ3) is 3.88. The number of esters is 1. The lowest BCUT2D eigenvalue weighted by molar-refractivity contribution is 0.0598. The highest BCUT2D eigenvalue weighted by Crippen LogP contribution is 2.32. The van der Waals surface area contributed by atoms with Gasteiger partial charge in [0, 0.05) is 0 Å². The van der Waals surface area contributed by atoms with Gasteiger partial charge in [0.25, 0.3) is 0 Å². The molecular formula is C15H22O4. The Morgan fingerprint density at radius 1 is 1.16 bits per heavy atom. The van der Waals surface area contributed by atoms with Gasteiger partial charge in [-0.15, -0.1) is 0 Å². The summed E-state index contributed by atoms with van der Waals surface area (Å²) in [5, 5.41) is 0. The molecule has 4 heteroatoms. The fraction of sp³-hybridized carbons (Fsp3) is 0.533. The number of hydrogen-bond acceptors (Lipinski definition) is 4. The summed E-state index contributed by atoms with van der Waals surface area (Å²) in [6, 6.07) is 5.00. The first-order valence-corrected chi connectivity index (χ1v) is 6.22. The summed E-state index contributed by atoms with van der Waals surface area (Å²) < 4.78 is 15.9. The van der Waals surface area contributed by atoms with Crippen LogP contribution in [0.3, 0.4) is 0 Å². The van der Waals surface area contributed by atoms with Gasteiger partial charge in [0.15, 0.2) is 11.5 Å². The minimum Gasteiger partial charge on any atom is -0.493 e. The molecule has 1 rings (SSSR count). The molecule has 0 saturated carbocycles. The highest BCUT2D eigenvalue weighted by molar-refractivity contribution is 5.90. The van der Waals surface area contributed by atoms with E-state index in [0.717, 1.165) is 0 Å². The van der Waals surface area contributed by atoms with Gasteiger partial charge in [0.2, 0.25) is 0 Å². The molecule has 0 aliphatic carbocycles. The van der Waals surface area contributed by atoms with Gasteiger partial charge in [-0.25, -0.2) is 4.79 Å². The molecule has 0 spiro atoms. The molecule has 0 aliphatic heterocycles. The summed E-state index contributed by atoms with van der Waals surface area (Å²) in [7, 11) is 2.92. The molecule has 106 valence electrons. The van der Waals surface area contributed by atoms with Crippen LogP contribution >= 0.6 is 0 Å². The van der Waals surface area contributed by atoms with Gasteiger partial charge in [-0.3, -0.25) is 0 Å². The predicted molar refractivity (Wildman–Crippen MR) is 73.9 cm³/mol. The molecular weight excluding hydrogens is 244 g/mol. The van der Waals surface area contributed by atoms with Crippen molar-refractivity contribution in [3.8, 4) is 11.5 Å². The van der Waals surface area contributed by atoms with Crippen molar-refractivity contribution in [3.63, 3.8) is 0 Å². The molecule has 0 aliphatic rings. The molecule has 19 heavy (non-hydrogen) atoms. The average Bonchev–Trinajstić information content (AvgIpc) is 2.36. The second-order valence-corrected chi connectivity index (χ2v) is 5.48. The van der Waals surface area contributed by atoms with Gasteiger partial charge in [-0.2, -0.15) is 0 Å². The summed E-state index contributed by atoms with van der Waals surface area (Å²) in [5.74, 6) is 0.757. The van der Waals surface area contributed by atoms with Gasteiger partial charge in [-0.1, -0.05) is 20.8 Å². The smallest absolute Gasteiger partial charge is 0.337 e. The van der Waals surface area contributed by atoms with Crippen molar-refractivity contribution >= 4 is 5.97 Å². The number of hydrogen-bond donors (Lipinski definition) is 0. The zero-order valence-electron chi connectivity index (χ0n) is 12.4. The fourth-order valence-electron chi connectivity index (χ4n) is 1.38. The SMILES string of the molecule is COC(=O)c1ccc(OC)c(OC(C)C(C)(C)C)c1. The normalized spacial score (nSPS) is 12.7. The second kappa shape index (κ2) is 5.95. The van der Waals surface area contributed by atoms with E-state index in [2.05, 4.69) is 20.8 Å². The first kappa shape index (κ1) is 15.3. The van der Waals surface area contributed by atoms with Crippen molar-refractivity contribution in [1.29, 1.82) is 0 Å². The van der Waals surface area contributed by atoms with Crippen LogP contribution in [-0.4, -0.2) is 26.3 Å². The lowest BCUT2D eigenvalue weighted by Crippen LogP contribution is -2.29. The van der Waals surface area contributed by atoms with E-state index >= 15 is 0 Å². The number of benzene rings is 1. The van der Waals surface area contributed by atoms with E-state index in [4.69, 9.17) is 14.2 Å². The van der Waals surface area contributed by atoms with E-state index in [1.807, 2.05) is 6.92 Å². The van der Waals surface area contributed by atoms with E-state index in [1.165, 1.54) is 7.11 Å². The van der Waals surface area contributed by atoms with Gasteiger partial charge < -0.3 is 14.2 Å². The molecule has 0 N–H and O–H groups in total. The summed E-state index contributed by atoms with van der Waals surface area (Å²) >= 11 is 0. The van der Waals surface area contributed by atoms with Crippen LogP contribution in [0.25, 0.3) is 0 Å². The molecule has 4 nitrogen and oxygen atoms in total. The van der Waals surface area contributed by atoms with Crippen molar-refractivity contribution in [2.45, 2.75) is 33.8 Å². The first-order chi connectivity index (χ1) is 8.79. The largest absolute Gasteiger partial charge is 0.493 e. The van der Waals surface area contributed by atoms with Crippen molar-refractivity contribution in [3.05, 3.63) is 23.8 Å². The van der Waals surface area contributed by atoms with Crippen molar-refractivity contribution in [2.24, 2.45) is 5.41 Å². The topological polar surface area (TPSA) is 44.8 Å². The molecule has 1 atom stereocenters.